The Kier molecular flexibility index (Phi) is 3.95. The van der Waals surface area contributed by atoms with Crippen LogP contribution in [0.15, 0.2) is 0 Å². The average molecular weight is 298 g/mol. The molecule has 0 unspecified atom stereocenters. The molecule has 1 N–H and O–H groups in total. The molecule has 21 heavy (non-hydrogen) atoms. The predicted octanol–water partition coefficient (Wildman–Crippen LogP) is 1.40. The molecular formula is C15H26N2O4. The number of methoxy groups -OCH3 is 1. The number of esters is 1. The fourth-order valence-corrected chi connectivity index (χ4v) is 3.36. The number of carbonyl (C=O) groups excluding carboxylic acids is 2. The second-order valence-electron chi connectivity index (χ2n) is 7.39. The van der Waals surface area contributed by atoms with E-state index in [9.17, 15) is 9.59 Å². The van der Waals surface area contributed by atoms with Gasteiger partial charge in [-0.15, -0.1) is 0 Å². The predicted molar refractivity (Wildman–Crippen MR) is 77.8 cm³/mol. The molecule has 0 saturated carbocycles. The molecule has 0 aromatic rings. The van der Waals surface area contributed by atoms with E-state index in [4.69, 9.17) is 9.47 Å². The maximum atomic E-state index is 12.4. The minimum Gasteiger partial charge on any atom is -0.468 e. The molecule has 2 aliphatic heterocycles. The number of amides is 1. The van der Waals surface area contributed by atoms with Crippen molar-refractivity contribution in [1.82, 2.24) is 10.2 Å². The van der Waals surface area contributed by atoms with E-state index in [2.05, 4.69) is 12.2 Å². The van der Waals surface area contributed by atoms with Gasteiger partial charge >= 0.3 is 12.1 Å². The van der Waals surface area contributed by atoms with Crippen molar-refractivity contribution in [2.75, 3.05) is 33.3 Å². The van der Waals surface area contributed by atoms with E-state index in [1.807, 2.05) is 20.8 Å². The van der Waals surface area contributed by atoms with E-state index in [1.54, 1.807) is 4.90 Å². The molecule has 2 saturated heterocycles. The van der Waals surface area contributed by atoms with Gasteiger partial charge in [0.25, 0.3) is 0 Å². The summed E-state index contributed by atoms with van der Waals surface area (Å²) in [5.74, 6) is -0.247. The van der Waals surface area contributed by atoms with Gasteiger partial charge in [-0.2, -0.15) is 0 Å². The van der Waals surface area contributed by atoms with Gasteiger partial charge in [0, 0.05) is 31.6 Å². The van der Waals surface area contributed by atoms with Gasteiger partial charge in [0.05, 0.1) is 7.11 Å². The van der Waals surface area contributed by atoms with E-state index in [0.717, 1.165) is 13.0 Å². The number of likely N-dealkylation sites (tertiary alicyclic amines) is 1. The molecule has 1 amide bonds. The zero-order chi connectivity index (χ0) is 15.9. The third-order valence-electron chi connectivity index (χ3n) is 4.72. The maximum absolute atomic E-state index is 12.4. The molecule has 0 aliphatic carbocycles. The van der Waals surface area contributed by atoms with Crippen LogP contribution in [-0.4, -0.2) is 55.9 Å². The number of hydrogen-bond donors (Lipinski definition) is 1. The van der Waals surface area contributed by atoms with E-state index < -0.39 is 11.0 Å². The van der Waals surface area contributed by atoms with Gasteiger partial charge in [0.15, 0.2) is 0 Å². The highest BCUT2D eigenvalue weighted by Crippen LogP contribution is 2.49. The minimum atomic E-state index is -0.684. The number of nitrogens with one attached hydrogen (secondary N) is 1. The summed E-state index contributed by atoms with van der Waals surface area (Å²) < 4.78 is 10.5. The summed E-state index contributed by atoms with van der Waals surface area (Å²) >= 11 is 0. The van der Waals surface area contributed by atoms with Crippen molar-refractivity contribution < 1.29 is 19.1 Å². The average Bonchev–Trinajstić information content (AvgIpc) is 2.73. The first kappa shape index (κ1) is 16.1. The molecular weight excluding hydrogens is 272 g/mol. The lowest BCUT2D eigenvalue weighted by molar-refractivity contribution is -0.163. The maximum Gasteiger partial charge on any atom is 0.410 e. The van der Waals surface area contributed by atoms with Crippen molar-refractivity contribution in [2.24, 2.45) is 10.8 Å². The molecule has 0 aromatic heterocycles. The van der Waals surface area contributed by atoms with Gasteiger partial charge in [0.1, 0.15) is 11.0 Å². The molecule has 0 spiro atoms. The second-order valence-corrected chi connectivity index (χ2v) is 7.39. The topological polar surface area (TPSA) is 67.9 Å². The number of piperidine rings is 1. The number of carbonyl (C=O) groups is 2. The second kappa shape index (κ2) is 5.16. The summed E-state index contributed by atoms with van der Waals surface area (Å²) in [7, 11) is 1.41. The van der Waals surface area contributed by atoms with Crippen LogP contribution in [0.25, 0.3) is 0 Å². The SMILES string of the molecule is COC(=O)[C@]12CNC[C@@]1(C)CCN(C(=O)OC(C)(C)C)C2. The lowest BCUT2D eigenvalue weighted by Crippen LogP contribution is -2.59. The van der Waals surface area contributed by atoms with Crippen molar-refractivity contribution in [3.63, 3.8) is 0 Å². The van der Waals surface area contributed by atoms with Crippen LogP contribution in [-0.2, 0) is 14.3 Å². The van der Waals surface area contributed by atoms with Crippen molar-refractivity contribution >= 4 is 12.1 Å². The van der Waals surface area contributed by atoms with Crippen LogP contribution in [0.2, 0.25) is 0 Å². The first-order valence-electron chi connectivity index (χ1n) is 7.41. The molecule has 0 bridgehead atoms. The summed E-state index contributed by atoms with van der Waals surface area (Å²) in [5.41, 5.74) is -1.40. The third kappa shape index (κ3) is 2.73. The number of hydrogen-bond acceptors (Lipinski definition) is 5. The molecule has 120 valence electrons. The van der Waals surface area contributed by atoms with E-state index in [-0.39, 0.29) is 17.5 Å². The van der Waals surface area contributed by atoms with Crippen LogP contribution >= 0.6 is 0 Å². The highest BCUT2D eigenvalue weighted by Gasteiger charge is 2.61. The number of ether oxygens (including phenoxy) is 2. The molecule has 0 radical (unpaired) electrons. The van der Waals surface area contributed by atoms with Crippen LogP contribution in [0.1, 0.15) is 34.1 Å². The Labute approximate surface area is 126 Å². The van der Waals surface area contributed by atoms with Crippen molar-refractivity contribution in [2.45, 2.75) is 39.7 Å². The first-order valence-corrected chi connectivity index (χ1v) is 7.41. The Balaban J connectivity index is 2.21. The van der Waals surface area contributed by atoms with Crippen molar-refractivity contribution in [3.8, 4) is 0 Å². The van der Waals surface area contributed by atoms with Crippen LogP contribution < -0.4 is 5.32 Å². The molecule has 0 aromatic carbocycles. The number of nitrogens with zero attached hydrogens (tertiary/aromatic N) is 1. The Morgan fingerprint density at radius 1 is 1.24 bits per heavy atom. The van der Waals surface area contributed by atoms with Gasteiger partial charge in [-0.05, 0) is 27.2 Å². The Morgan fingerprint density at radius 2 is 1.90 bits per heavy atom. The van der Waals surface area contributed by atoms with Crippen LogP contribution in [0.4, 0.5) is 4.79 Å². The molecule has 2 fully saturated rings. The minimum absolute atomic E-state index is 0.182. The fourth-order valence-electron chi connectivity index (χ4n) is 3.36. The van der Waals surface area contributed by atoms with E-state index in [1.165, 1.54) is 7.11 Å². The largest absolute Gasteiger partial charge is 0.468 e. The molecule has 2 rings (SSSR count). The Hall–Kier alpha value is -1.30. The fraction of sp³-hybridized carbons (Fsp3) is 0.867. The Morgan fingerprint density at radius 3 is 2.48 bits per heavy atom. The van der Waals surface area contributed by atoms with Crippen LogP contribution in [0.5, 0.6) is 0 Å². The first-order chi connectivity index (χ1) is 9.63. The lowest BCUT2D eigenvalue weighted by atomic mass is 9.62. The van der Waals surface area contributed by atoms with Crippen molar-refractivity contribution in [3.05, 3.63) is 0 Å². The summed E-state index contributed by atoms with van der Waals surface area (Å²) in [5, 5.41) is 3.29. The summed E-state index contributed by atoms with van der Waals surface area (Å²) in [6.45, 7) is 9.87. The van der Waals surface area contributed by atoms with Gasteiger partial charge < -0.3 is 19.7 Å². The van der Waals surface area contributed by atoms with E-state index in [0.29, 0.717) is 19.6 Å². The standard InChI is InChI=1S/C15H26N2O4/c1-13(2,3)21-12(19)17-7-6-14(4)8-16-9-15(14,10-17)11(18)20-5/h16H,6-10H2,1-5H3/t14-,15-/m1/s1. The van der Waals surface area contributed by atoms with Gasteiger partial charge in [-0.3, -0.25) is 4.79 Å². The summed E-state index contributed by atoms with van der Waals surface area (Å²) in [6, 6.07) is 0. The van der Waals surface area contributed by atoms with Gasteiger partial charge in [-0.1, -0.05) is 6.92 Å². The third-order valence-corrected chi connectivity index (χ3v) is 4.72. The Bertz CT molecular complexity index is 445. The zero-order valence-corrected chi connectivity index (χ0v) is 13.6. The highest BCUT2D eigenvalue weighted by atomic mass is 16.6. The van der Waals surface area contributed by atoms with E-state index >= 15 is 0 Å². The normalized spacial score (nSPS) is 32.5. The lowest BCUT2D eigenvalue weighted by Gasteiger charge is -2.48. The molecule has 6 heteroatoms. The molecule has 6 nitrogen and oxygen atoms in total. The van der Waals surface area contributed by atoms with Gasteiger partial charge in [-0.25, -0.2) is 4.79 Å². The summed E-state index contributed by atoms with van der Waals surface area (Å²) in [4.78, 5) is 26.3. The van der Waals surface area contributed by atoms with Crippen LogP contribution in [0.3, 0.4) is 0 Å². The molecule has 2 aliphatic rings. The number of fused-ring (bicyclic) bond motifs is 1. The summed E-state index contributed by atoms with van der Waals surface area (Å²) in [6.07, 6.45) is 0.397. The smallest absolute Gasteiger partial charge is 0.410 e. The van der Waals surface area contributed by atoms with Gasteiger partial charge in [0.2, 0.25) is 0 Å². The number of rotatable bonds is 1. The zero-order valence-electron chi connectivity index (χ0n) is 13.6. The molecule has 2 atom stereocenters. The van der Waals surface area contributed by atoms with Crippen molar-refractivity contribution in [1.29, 1.82) is 0 Å². The quantitative estimate of drug-likeness (QED) is 0.741. The highest BCUT2D eigenvalue weighted by molar-refractivity contribution is 5.81. The molecule has 2 heterocycles. The monoisotopic (exact) mass is 298 g/mol. The van der Waals surface area contributed by atoms with Crippen LogP contribution in [0, 0.1) is 10.8 Å².